The van der Waals surface area contributed by atoms with Crippen molar-refractivity contribution in [2.75, 3.05) is 0 Å². The second-order valence-electron chi connectivity index (χ2n) is 2.55. The molecule has 0 aliphatic heterocycles. The zero-order valence-electron chi connectivity index (χ0n) is 6.96. The first-order chi connectivity index (χ1) is 6.81. The van der Waals surface area contributed by atoms with Gasteiger partial charge in [-0.25, -0.2) is 4.68 Å². The lowest BCUT2D eigenvalue weighted by molar-refractivity contribution is 0.874. The fraction of sp³-hybridized carbons (Fsp3) is 0. The molecule has 0 amide bonds. The normalized spacial score (nSPS) is 10.1. The van der Waals surface area contributed by atoms with Crippen LogP contribution in [0, 0.1) is 4.91 Å². The van der Waals surface area contributed by atoms with Crippen LogP contribution in [0.4, 0.5) is 5.69 Å². The summed E-state index contributed by atoms with van der Waals surface area (Å²) in [5, 5.41) is 6.72. The molecule has 0 unspecified atom stereocenters. The predicted octanol–water partition coefficient (Wildman–Crippen LogP) is 2.32. The molecule has 0 bridgehead atoms. The molecule has 0 atom stereocenters. The molecule has 0 aliphatic carbocycles. The Kier molecular flexibility index (Phi) is 2.24. The van der Waals surface area contributed by atoms with E-state index in [2.05, 4.69) is 15.3 Å². The SMILES string of the molecule is O=Nc1cn(-c2cccnc2)nc1Cl. The Bertz CT molecular complexity index is 454. The van der Waals surface area contributed by atoms with E-state index in [-0.39, 0.29) is 10.8 Å². The number of hydrogen-bond acceptors (Lipinski definition) is 4. The number of pyridine rings is 1. The smallest absolute Gasteiger partial charge is 0.180 e. The van der Waals surface area contributed by atoms with Gasteiger partial charge < -0.3 is 0 Å². The summed E-state index contributed by atoms with van der Waals surface area (Å²) < 4.78 is 1.45. The Labute approximate surface area is 84.3 Å². The predicted molar refractivity (Wildman–Crippen MR) is 51.8 cm³/mol. The summed E-state index contributed by atoms with van der Waals surface area (Å²) in [5.41, 5.74) is 0.847. The van der Waals surface area contributed by atoms with E-state index in [1.54, 1.807) is 24.5 Å². The third-order valence-electron chi connectivity index (χ3n) is 1.66. The number of hydrogen-bond donors (Lipinski definition) is 0. The quantitative estimate of drug-likeness (QED) is 0.712. The van der Waals surface area contributed by atoms with Crippen LogP contribution in [-0.2, 0) is 0 Å². The average molecular weight is 209 g/mol. The van der Waals surface area contributed by atoms with Crippen molar-refractivity contribution in [1.82, 2.24) is 14.8 Å². The van der Waals surface area contributed by atoms with E-state index in [1.807, 2.05) is 0 Å². The van der Waals surface area contributed by atoms with E-state index in [4.69, 9.17) is 11.6 Å². The molecule has 0 fully saturated rings. The van der Waals surface area contributed by atoms with Gasteiger partial charge in [0.2, 0.25) is 0 Å². The fourth-order valence-electron chi connectivity index (χ4n) is 1.03. The molecule has 2 aromatic rings. The minimum Gasteiger partial charge on any atom is -0.262 e. The van der Waals surface area contributed by atoms with Gasteiger partial charge in [0.05, 0.1) is 18.1 Å². The summed E-state index contributed by atoms with van der Waals surface area (Å²) >= 11 is 5.65. The highest BCUT2D eigenvalue weighted by Crippen LogP contribution is 2.23. The third-order valence-corrected chi connectivity index (χ3v) is 1.93. The second-order valence-corrected chi connectivity index (χ2v) is 2.91. The van der Waals surface area contributed by atoms with E-state index in [9.17, 15) is 4.91 Å². The zero-order valence-corrected chi connectivity index (χ0v) is 7.72. The Hall–Kier alpha value is -1.75. The highest BCUT2D eigenvalue weighted by atomic mass is 35.5. The van der Waals surface area contributed by atoms with Gasteiger partial charge in [-0.1, -0.05) is 11.6 Å². The van der Waals surface area contributed by atoms with Gasteiger partial charge in [-0.05, 0) is 17.3 Å². The van der Waals surface area contributed by atoms with E-state index >= 15 is 0 Å². The van der Waals surface area contributed by atoms with E-state index < -0.39 is 0 Å². The standard InChI is InChI=1S/C8H5ClN4O/c9-8-7(12-14)5-13(11-8)6-2-1-3-10-4-6/h1-5H. The average Bonchev–Trinajstić information content (AvgIpc) is 2.61. The van der Waals surface area contributed by atoms with Gasteiger partial charge >= 0.3 is 0 Å². The van der Waals surface area contributed by atoms with Crippen molar-refractivity contribution >= 4 is 17.3 Å². The van der Waals surface area contributed by atoms with Crippen molar-refractivity contribution in [3.63, 3.8) is 0 Å². The number of halogens is 1. The summed E-state index contributed by atoms with van der Waals surface area (Å²) in [7, 11) is 0. The molecule has 0 spiro atoms. The van der Waals surface area contributed by atoms with Gasteiger partial charge in [0.15, 0.2) is 10.8 Å². The molecule has 0 aliphatic rings. The van der Waals surface area contributed by atoms with Crippen LogP contribution in [0.1, 0.15) is 0 Å². The molecule has 0 saturated carbocycles. The van der Waals surface area contributed by atoms with E-state index in [1.165, 1.54) is 10.9 Å². The van der Waals surface area contributed by atoms with E-state index in [0.717, 1.165) is 5.69 Å². The molecule has 2 rings (SSSR count). The first kappa shape index (κ1) is 8.83. The topological polar surface area (TPSA) is 60.1 Å². The monoisotopic (exact) mass is 208 g/mol. The molecular weight excluding hydrogens is 204 g/mol. The maximum atomic E-state index is 10.3. The lowest BCUT2D eigenvalue weighted by atomic mass is 10.4. The number of nitrogens with zero attached hydrogens (tertiary/aromatic N) is 4. The molecule has 0 aromatic carbocycles. The summed E-state index contributed by atoms with van der Waals surface area (Å²) in [6.45, 7) is 0. The van der Waals surface area contributed by atoms with E-state index in [0.29, 0.717) is 0 Å². The van der Waals surface area contributed by atoms with Crippen LogP contribution in [0.2, 0.25) is 5.15 Å². The molecule has 0 N–H and O–H groups in total. The van der Waals surface area contributed by atoms with Crippen LogP contribution in [0.5, 0.6) is 0 Å². The maximum absolute atomic E-state index is 10.3. The lowest BCUT2D eigenvalue weighted by Crippen LogP contribution is -1.93. The van der Waals surface area contributed by atoms with Crippen molar-refractivity contribution in [1.29, 1.82) is 0 Å². The van der Waals surface area contributed by atoms with Crippen molar-refractivity contribution in [3.05, 3.63) is 40.8 Å². The van der Waals surface area contributed by atoms with Crippen molar-refractivity contribution in [2.45, 2.75) is 0 Å². The lowest BCUT2D eigenvalue weighted by Gasteiger charge is -1.97. The largest absolute Gasteiger partial charge is 0.262 e. The number of nitroso groups, excluding NO2 is 1. The molecule has 5 nitrogen and oxygen atoms in total. The van der Waals surface area contributed by atoms with Gasteiger partial charge in [0.1, 0.15) is 0 Å². The Morgan fingerprint density at radius 1 is 1.50 bits per heavy atom. The molecule has 70 valence electrons. The van der Waals surface area contributed by atoms with Crippen molar-refractivity contribution in [2.24, 2.45) is 5.18 Å². The van der Waals surface area contributed by atoms with Crippen molar-refractivity contribution in [3.8, 4) is 5.69 Å². The summed E-state index contributed by atoms with van der Waals surface area (Å²) in [6, 6.07) is 3.56. The highest BCUT2D eigenvalue weighted by Gasteiger charge is 2.07. The Balaban J connectivity index is 2.48. The highest BCUT2D eigenvalue weighted by molar-refractivity contribution is 6.31. The van der Waals surface area contributed by atoms with Gasteiger partial charge in [-0.3, -0.25) is 4.98 Å². The van der Waals surface area contributed by atoms with Crippen LogP contribution in [0.25, 0.3) is 5.69 Å². The molecular formula is C8H5ClN4O. The van der Waals surface area contributed by atoms with Crippen LogP contribution in [-0.4, -0.2) is 14.8 Å². The zero-order chi connectivity index (χ0) is 9.97. The first-order valence-corrected chi connectivity index (χ1v) is 4.18. The third kappa shape index (κ3) is 1.49. The van der Waals surface area contributed by atoms with Gasteiger partial charge in [0.25, 0.3) is 0 Å². The first-order valence-electron chi connectivity index (χ1n) is 3.80. The second kappa shape index (κ2) is 3.55. The minimum atomic E-state index is 0.0869. The minimum absolute atomic E-state index is 0.0869. The molecule has 2 heterocycles. The van der Waals surface area contributed by atoms with Crippen LogP contribution < -0.4 is 0 Å². The summed E-state index contributed by atoms with van der Waals surface area (Å²) in [4.78, 5) is 14.2. The summed E-state index contributed by atoms with van der Waals surface area (Å²) in [5.74, 6) is 0. The molecule has 6 heteroatoms. The fourth-order valence-corrected chi connectivity index (χ4v) is 1.19. The molecule has 0 radical (unpaired) electrons. The maximum Gasteiger partial charge on any atom is 0.180 e. The molecule has 2 aromatic heterocycles. The number of aromatic nitrogens is 3. The van der Waals surface area contributed by atoms with Crippen molar-refractivity contribution < 1.29 is 0 Å². The Morgan fingerprint density at radius 3 is 2.93 bits per heavy atom. The van der Waals surface area contributed by atoms with Gasteiger partial charge in [-0.2, -0.15) is 5.10 Å². The summed E-state index contributed by atoms with van der Waals surface area (Å²) in [6.07, 6.45) is 4.71. The van der Waals surface area contributed by atoms with Gasteiger partial charge in [-0.15, -0.1) is 4.91 Å². The molecule has 14 heavy (non-hydrogen) atoms. The number of rotatable bonds is 2. The van der Waals surface area contributed by atoms with Gasteiger partial charge in [0, 0.05) is 6.20 Å². The molecule has 0 saturated heterocycles. The van der Waals surface area contributed by atoms with Crippen LogP contribution >= 0.6 is 11.6 Å². The van der Waals surface area contributed by atoms with Crippen LogP contribution in [0.15, 0.2) is 35.9 Å². The Morgan fingerprint density at radius 2 is 2.36 bits per heavy atom. The van der Waals surface area contributed by atoms with Crippen LogP contribution in [0.3, 0.4) is 0 Å².